The van der Waals surface area contributed by atoms with E-state index in [1.165, 1.54) is 0 Å². The summed E-state index contributed by atoms with van der Waals surface area (Å²) < 4.78 is 59.6. The molecule has 9 heteroatoms. The van der Waals surface area contributed by atoms with Crippen LogP contribution in [-0.2, 0) is 10.0 Å². The van der Waals surface area contributed by atoms with Crippen LogP contribution in [0.2, 0.25) is 0 Å². The lowest BCUT2D eigenvalue weighted by atomic mass is 9.94. The molecule has 0 radical (unpaired) electrons. The van der Waals surface area contributed by atoms with Crippen LogP contribution >= 0.6 is 0 Å². The molecule has 1 aliphatic rings. The Morgan fingerprint density at radius 3 is 2.44 bits per heavy atom. The third-order valence-electron chi connectivity index (χ3n) is 3.99. The van der Waals surface area contributed by atoms with Crippen molar-refractivity contribution in [1.82, 2.24) is 14.7 Å². The minimum atomic E-state index is -4.12. The van der Waals surface area contributed by atoms with E-state index in [4.69, 9.17) is 4.74 Å². The van der Waals surface area contributed by atoms with Crippen LogP contribution in [0.1, 0.15) is 25.7 Å². The molecule has 1 N–H and O–H groups in total. The molecule has 2 aromatic rings. The second-order valence-corrected chi connectivity index (χ2v) is 7.50. The second-order valence-electron chi connectivity index (χ2n) is 5.82. The van der Waals surface area contributed by atoms with Crippen LogP contribution in [0.25, 0.3) is 0 Å². The van der Waals surface area contributed by atoms with Crippen LogP contribution in [0.3, 0.4) is 0 Å². The molecule has 0 saturated heterocycles. The number of benzene rings is 1. The van der Waals surface area contributed by atoms with Crippen LogP contribution in [-0.4, -0.2) is 30.5 Å². The Morgan fingerprint density at radius 1 is 1.08 bits per heavy atom. The molecule has 0 spiro atoms. The normalized spacial score (nSPS) is 21.0. The number of rotatable bonds is 5. The Balaban J connectivity index is 1.59. The van der Waals surface area contributed by atoms with E-state index in [0.29, 0.717) is 31.7 Å². The van der Waals surface area contributed by atoms with Gasteiger partial charge in [0.15, 0.2) is 0 Å². The number of hydrogen-bond donors (Lipinski definition) is 1. The fourth-order valence-electron chi connectivity index (χ4n) is 2.76. The van der Waals surface area contributed by atoms with Gasteiger partial charge in [0.25, 0.3) is 0 Å². The molecule has 0 unspecified atom stereocenters. The molecule has 1 aliphatic carbocycles. The molecule has 134 valence electrons. The van der Waals surface area contributed by atoms with E-state index in [9.17, 15) is 17.2 Å². The zero-order chi connectivity index (χ0) is 17.9. The minimum absolute atomic E-state index is 0.103. The third kappa shape index (κ3) is 4.49. The molecule has 1 fully saturated rings. The summed E-state index contributed by atoms with van der Waals surface area (Å²) in [5.41, 5.74) is 0. The number of halogens is 2. The van der Waals surface area contributed by atoms with Crippen molar-refractivity contribution in [2.45, 2.75) is 42.7 Å². The molecule has 25 heavy (non-hydrogen) atoms. The number of nitrogens with zero attached hydrogens (tertiary/aromatic N) is 2. The van der Waals surface area contributed by atoms with E-state index in [2.05, 4.69) is 14.7 Å². The van der Waals surface area contributed by atoms with Crippen molar-refractivity contribution < 1.29 is 21.9 Å². The summed E-state index contributed by atoms with van der Waals surface area (Å²) in [6.07, 6.45) is 5.31. The summed E-state index contributed by atoms with van der Waals surface area (Å²) in [4.78, 5) is 7.30. The van der Waals surface area contributed by atoms with Crippen LogP contribution in [0.5, 0.6) is 6.01 Å². The molecule has 0 amide bonds. The minimum Gasteiger partial charge on any atom is -0.460 e. The molecule has 1 heterocycles. The lowest BCUT2D eigenvalue weighted by Crippen LogP contribution is -2.40. The van der Waals surface area contributed by atoms with Gasteiger partial charge in [-0.1, -0.05) is 0 Å². The molecule has 1 saturated carbocycles. The maximum absolute atomic E-state index is 13.7. The monoisotopic (exact) mass is 369 g/mol. The first-order valence-corrected chi connectivity index (χ1v) is 9.33. The topological polar surface area (TPSA) is 81.2 Å². The zero-order valence-electron chi connectivity index (χ0n) is 13.2. The summed E-state index contributed by atoms with van der Waals surface area (Å²) in [6.45, 7) is 0. The van der Waals surface area contributed by atoms with Crippen molar-refractivity contribution in [3.8, 4) is 6.01 Å². The fraction of sp³-hybridized carbons (Fsp3) is 0.375. The summed E-state index contributed by atoms with van der Waals surface area (Å²) in [6, 6.07) is 3.97. The largest absolute Gasteiger partial charge is 0.460 e. The van der Waals surface area contributed by atoms with E-state index < -0.39 is 26.6 Å². The first kappa shape index (κ1) is 17.7. The van der Waals surface area contributed by atoms with Gasteiger partial charge in [-0.15, -0.1) is 0 Å². The molecular formula is C16H17F2N3O3S. The van der Waals surface area contributed by atoms with Crippen molar-refractivity contribution in [1.29, 1.82) is 0 Å². The standard InChI is InChI=1S/C16H17F2N3O3S/c17-11-2-7-14(18)15(10-11)25(22,23)21-12-3-5-13(6-4-12)24-16-19-8-1-9-20-16/h1-2,7-10,12-13,21H,3-6H2. The lowest BCUT2D eigenvalue weighted by molar-refractivity contribution is 0.132. The van der Waals surface area contributed by atoms with Gasteiger partial charge in [-0.25, -0.2) is 31.9 Å². The number of hydrogen-bond acceptors (Lipinski definition) is 5. The first-order chi connectivity index (χ1) is 11.9. The number of aromatic nitrogens is 2. The van der Waals surface area contributed by atoms with Gasteiger partial charge in [0.2, 0.25) is 10.0 Å². The average Bonchev–Trinajstić information content (AvgIpc) is 2.59. The van der Waals surface area contributed by atoms with E-state index in [1.54, 1.807) is 18.5 Å². The molecule has 0 bridgehead atoms. The van der Waals surface area contributed by atoms with Crippen LogP contribution in [0, 0.1) is 11.6 Å². The SMILES string of the molecule is O=S(=O)(NC1CCC(Oc2ncccn2)CC1)c1cc(F)ccc1F. The van der Waals surface area contributed by atoms with Crippen LogP contribution in [0.4, 0.5) is 8.78 Å². The van der Waals surface area contributed by atoms with Gasteiger partial charge in [-0.05, 0) is 49.9 Å². The van der Waals surface area contributed by atoms with E-state index in [0.717, 1.165) is 12.1 Å². The predicted molar refractivity (Wildman–Crippen MR) is 85.4 cm³/mol. The Labute approximate surface area is 144 Å². The lowest BCUT2D eigenvalue weighted by Gasteiger charge is -2.28. The Hall–Kier alpha value is -2.13. The quantitative estimate of drug-likeness (QED) is 0.875. The Bertz CT molecular complexity index is 826. The van der Waals surface area contributed by atoms with Crippen molar-refractivity contribution in [2.75, 3.05) is 0 Å². The maximum atomic E-state index is 13.7. The maximum Gasteiger partial charge on any atom is 0.316 e. The Kier molecular flexibility index (Phi) is 5.24. The highest BCUT2D eigenvalue weighted by Crippen LogP contribution is 2.24. The van der Waals surface area contributed by atoms with E-state index >= 15 is 0 Å². The van der Waals surface area contributed by atoms with Gasteiger partial charge in [0.1, 0.15) is 22.6 Å². The van der Waals surface area contributed by atoms with Crippen LogP contribution < -0.4 is 9.46 Å². The molecule has 1 aromatic carbocycles. The van der Waals surface area contributed by atoms with Gasteiger partial charge in [0, 0.05) is 18.4 Å². The highest BCUT2D eigenvalue weighted by molar-refractivity contribution is 7.89. The van der Waals surface area contributed by atoms with Gasteiger partial charge in [-0.2, -0.15) is 0 Å². The smallest absolute Gasteiger partial charge is 0.316 e. The molecule has 0 aliphatic heterocycles. The third-order valence-corrected chi connectivity index (χ3v) is 5.53. The summed E-state index contributed by atoms with van der Waals surface area (Å²) in [5.74, 6) is -1.78. The van der Waals surface area contributed by atoms with E-state index in [-0.39, 0.29) is 18.2 Å². The molecule has 3 rings (SSSR count). The second kappa shape index (κ2) is 7.40. The fourth-order valence-corrected chi connectivity index (χ4v) is 4.15. The number of ether oxygens (including phenoxy) is 1. The van der Waals surface area contributed by atoms with Crippen LogP contribution in [0.15, 0.2) is 41.6 Å². The van der Waals surface area contributed by atoms with E-state index in [1.807, 2.05) is 0 Å². The highest BCUT2D eigenvalue weighted by atomic mass is 32.2. The zero-order valence-corrected chi connectivity index (χ0v) is 14.0. The molecule has 6 nitrogen and oxygen atoms in total. The predicted octanol–water partition coefficient (Wildman–Crippen LogP) is 2.42. The average molecular weight is 369 g/mol. The van der Waals surface area contributed by atoms with Gasteiger partial charge >= 0.3 is 6.01 Å². The molecule has 0 atom stereocenters. The summed E-state index contributed by atoms with van der Waals surface area (Å²) in [5, 5.41) is 0. The Morgan fingerprint density at radius 2 is 1.76 bits per heavy atom. The summed E-state index contributed by atoms with van der Waals surface area (Å²) in [7, 11) is -4.12. The molecule has 1 aromatic heterocycles. The number of sulfonamides is 1. The number of nitrogens with one attached hydrogen (secondary N) is 1. The molecular weight excluding hydrogens is 352 g/mol. The highest BCUT2D eigenvalue weighted by Gasteiger charge is 2.28. The van der Waals surface area contributed by atoms with Gasteiger partial charge in [-0.3, -0.25) is 0 Å². The summed E-state index contributed by atoms with van der Waals surface area (Å²) >= 11 is 0. The van der Waals surface area contributed by atoms with Crippen molar-refractivity contribution >= 4 is 10.0 Å². The van der Waals surface area contributed by atoms with Gasteiger partial charge < -0.3 is 4.74 Å². The van der Waals surface area contributed by atoms with Crippen molar-refractivity contribution in [3.63, 3.8) is 0 Å². The first-order valence-electron chi connectivity index (χ1n) is 7.85. The van der Waals surface area contributed by atoms with Gasteiger partial charge in [0.05, 0.1) is 0 Å². The van der Waals surface area contributed by atoms with Crippen molar-refractivity contribution in [2.24, 2.45) is 0 Å². The van der Waals surface area contributed by atoms with Crippen molar-refractivity contribution in [3.05, 3.63) is 48.3 Å².